The van der Waals surface area contributed by atoms with Crippen LogP contribution >= 0.6 is 0 Å². The minimum Gasteiger partial charge on any atom is -0.368 e. The SMILES string of the molecule is O=C(c1ccc(F)cc1-n1nccn1)N1CCC(F)(F)C1CNc1ccc(C(F)(F)F)cn1. The maximum Gasteiger partial charge on any atom is 0.417 e. The fourth-order valence-corrected chi connectivity index (χ4v) is 3.54. The summed E-state index contributed by atoms with van der Waals surface area (Å²) in [5, 5.41) is 10.3. The van der Waals surface area contributed by atoms with E-state index < -0.39 is 48.4 Å². The molecule has 1 aliphatic heterocycles. The molecule has 3 heterocycles. The minimum absolute atomic E-state index is 0.0173. The summed E-state index contributed by atoms with van der Waals surface area (Å²) in [6.45, 7) is -0.740. The monoisotopic (exact) mass is 470 g/mol. The molecule has 2 aromatic heterocycles. The molecule has 1 fully saturated rings. The Labute approximate surface area is 183 Å². The van der Waals surface area contributed by atoms with E-state index in [1.165, 1.54) is 12.4 Å². The van der Waals surface area contributed by atoms with Crippen molar-refractivity contribution in [3.8, 4) is 5.69 Å². The molecule has 1 aliphatic rings. The van der Waals surface area contributed by atoms with Gasteiger partial charge in [-0.15, -0.1) is 0 Å². The molecule has 0 spiro atoms. The second-order valence-electron chi connectivity index (χ2n) is 7.32. The molecule has 1 aromatic carbocycles. The molecule has 13 heteroatoms. The van der Waals surface area contributed by atoms with Gasteiger partial charge in [-0.25, -0.2) is 18.2 Å². The Bertz CT molecular complexity index is 1130. The Hall–Kier alpha value is -3.64. The molecule has 1 amide bonds. The van der Waals surface area contributed by atoms with Crippen LogP contribution in [0.4, 0.5) is 32.2 Å². The molecular weight excluding hydrogens is 454 g/mol. The lowest BCUT2D eigenvalue weighted by molar-refractivity contribution is -0.137. The summed E-state index contributed by atoms with van der Waals surface area (Å²) in [7, 11) is 0. The van der Waals surface area contributed by atoms with Gasteiger partial charge in [0.05, 0.1) is 23.5 Å². The molecule has 1 atom stereocenters. The molecule has 1 saturated heterocycles. The first-order chi connectivity index (χ1) is 15.6. The smallest absolute Gasteiger partial charge is 0.368 e. The van der Waals surface area contributed by atoms with Crippen LogP contribution in [0.15, 0.2) is 48.9 Å². The molecular formula is C20H16F6N6O. The molecule has 174 valence electrons. The van der Waals surface area contributed by atoms with Crippen LogP contribution in [-0.2, 0) is 6.18 Å². The van der Waals surface area contributed by atoms with Crippen molar-refractivity contribution in [3.05, 3.63) is 65.9 Å². The number of nitrogens with zero attached hydrogens (tertiary/aromatic N) is 5. The summed E-state index contributed by atoms with van der Waals surface area (Å²) in [6.07, 6.45) is -1.98. The zero-order valence-corrected chi connectivity index (χ0v) is 16.7. The molecule has 0 aliphatic carbocycles. The van der Waals surface area contributed by atoms with Crippen molar-refractivity contribution in [1.29, 1.82) is 0 Å². The molecule has 4 rings (SSSR count). The number of pyridine rings is 1. The molecule has 0 radical (unpaired) electrons. The summed E-state index contributed by atoms with van der Waals surface area (Å²) in [5.41, 5.74) is -1.08. The van der Waals surface area contributed by atoms with Gasteiger partial charge < -0.3 is 10.2 Å². The Kier molecular flexibility index (Phi) is 5.72. The minimum atomic E-state index is -4.58. The third kappa shape index (κ3) is 4.61. The first-order valence-electron chi connectivity index (χ1n) is 9.68. The number of aromatic nitrogens is 4. The quantitative estimate of drug-likeness (QED) is 0.575. The number of hydrogen-bond donors (Lipinski definition) is 1. The fraction of sp³-hybridized carbons (Fsp3) is 0.300. The lowest BCUT2D eigenvalue weighted by atomic mass is 10.1. The number of benzene rings is 1. The van der Waals surface area contributed by atoms with Gasteiger partial charge in [-0.2, -0.15) is 28.2 Å². The number of amides is 1. The van der Waals surface area contributed by atoms with Gasteiger partial charge >= 0.3 is 6.18 Å². The van der Waals surface area contributed by atoms with Gasteiger partial charge in [0.25, 0.3) is 11.8 Å². The summed E-state index contributed by atoms with van der Waals surface area (Å²) < 4.78 is 81.0. The van der Waals surface area contributed by atoms with Crippen LogP contribution in [-0.4, -0.2) is 55.8 Å². The Morgan fingerprint density at radius 1 is 1.15 bits per heavy atom. The normalized spacial score (nSPS) is 17.9. The van der Waals surface area contributed by atoms with E-state index in [0.717, 1.165) is 40.0 Å². The lowest BCUT2D eigenvalue weighted by Gasteiger charge is -2.28. The highest BCUT2D eigenvalue weighted by molar-refractivity contribution is 5.98. The largest absolute Gasteiger partial charge is 0.417 e. The highest BCUT2D eigenvalue weighted by Gasteiger charge is 2.51. The molecule has 0 saturated carbocycles. The summed E-state index contributed by atoms with van der Waals surface area (Å²) in [6, 6.07) is 3.37. The predicted octanol–water partition coefficient (Wildman–Crippen LogP) is 3.78. The number of likely N-dealkylation sites (tertiary alicyclic amines) is 1. The number of alkyl halides is 5. The highest BCUT2D eigenvalue weighted by atomic mass is 19.4. The topological polar surface area (TPSA) is 75.9 Å². The van der Waals surface area contributed by atoms with E-state index in [9.17, 15) is 31.1 Å². The van der Waals surface area contributed by atoms with E-state index in [1.807, 2.05) is 0 Å². The van der Waals surface area contributed by atoms with Crippen molar-refractivity contribution >= 4 is 11.7 Å². The van der Waals surface area contributed by atoms with Crippen molar-refractivity contribution in [2.24, 2.45) is 0 Å². The van der Waals surface area contributed by atoms with Crippen LogP contribution in [0.2, 0.25) is 0 Å². The van der Waals surface area contributed by atoms with Gasteiger partial charge in [-0.05, 0) is 24.3 Å². The molecule has 3 aromatic rings. The fourth-order valence-electron chi connectivity index (χ4n) is 3.54. The number of carbonyl (C=O) groups excluding carboxylic acids is 1. The Morgan fingerprint density at radius 2 is 1.88 bits per heavy atom. The van der Waals surface area contributed by atoms with Gasteiger partial charge in [-0.1, -0.05) is 0 Å². The van der Waals surface area contributed by atoms with Crippen molar-refractivity contribution in [2.45, 2.75) is 24.6 Å². The summed E-state index contributed by atoms with van der Waals surface area (Å²) >= 11 is 0. The van der Waals surface area contributed by atoms with Crippen molar-refractivity contribution in [2.75, 3.05) is 18.4 Å². The number of halogens is 6. The van der Waals surface area contributed by atoms with E-state index in [-0.39, 0.29) is 23.6 Å². The first kappa shape index (κ1) is 22.6. The zero-order chi connectivity index (χ0) is 23.8. The average molecular weight is 470 g/mol. The third-order valence-electron chi connectivity index (χ3n) is 5.20. The average Bonchev–Trinajstić information content (AvgIpc) is 3.39. The summed E-state index contributed by atoms with van der Waals surface area (Å²) in [4.78, 5) is 18.7. The Morgan fingerprint density at radius 3 is 2.52 bits per heavy atom. The van der Waals surface area contributed by atoms with Gasteiger partial charge in [0.1, 0.15) is 23.4 Å². The number of nitrogens with one attached hydrogen (secondary N) is 1. The second kappa shape index (κ2) is 8.37. The van der Waals surface area contributed by atoms with Crippen LogP contribution in [0.5, 0.6) is 0 Å². The summed E-state index contributed by atoms with van der Waals surface area (Å²) in [5.74, 6) is -4.77. The van der Waals surface area contributed by atoms with Crippen LogP contribution < -0.4 is 5.32 Å². The predicted molar refractivity (Wildman–Crippen MR) is 103 cm³/mol. The van der Waals surface area contributed by atoms with Gasteiger partial charge in [0.15, 0.2) is 0 Å². The zero-order valence-electron chi connectivity index (χ0n) is 16.7. The van der Waals surface area contributed by atoms with E-state index in [4.69, 9.17) is 0 Å². The number of hydrogen-bond acceptors (Lipinski definition) is 5. The van der Waals surface area contributed by atoms with E-state index in [2.05, 4.69) is 20.5 Å². The maximum atomic E-state index is 14.6. The Balaban J connectivity index is 1.56. The molecule has 7 nitrogen and oxygen atoms in total. The number of carbonyl (C=O) groups is 1. The molecule has 33 heavy (non-hydrogen) atoms. The maximum absolute atomic E-state index is 14.6. The van der Waals surface area contributed by atoms with Gasteiger partial charge in [0.2, 0.25) is 0 Å². The van der Waals surface area contributed by atoms with Gasteiger partial charge in [-0.3, -0.25) is 4.79 Å². The van der Waals surface area contributed by atoms with Crippen molar-refractivity contribution in [1.82, 2.24) is 24.9 Å². The number of anilines is 1. The van der Waals surface area contributed by atoms with Crippen LogP contribution in [0, 0.1) is 5.82 Å². The lowest BCUT2D eigenvalue weighted by Crippen LogP contribution is -2.47. The van der Waals surface area contributed by atoms with Crippen molar-refractivity contribution in [3.63, 3.8) is 0 Å². The standard InChI is InChI=1S/C20H16F6N6O/c21-13-2-3-14(15(9-13)32-29-6-7-30-32)18(33)31-8-5-19(22,23)16(31)11-28-17-4-1-12(10-27-17)20(24,25)26/h1-4,6-7,9-10,16H,5,8,11H2,(H,27,28). The third-order valence-corrected chi connectivity index (χ3v) is 5.20. The van der Waals surface area contributed by atoms with Crippen LogP contribution in [0.3, 0.4) is 0 Å². The van der Waals surface area contributed by atoms with Crippen molar-refractivity contribution < 1.29 is 31.1 Å². The molecule has 1 N–H and O–H groups in total. The molecule has 1 unspecified atom stereocenters. The second-order valence-corrected chi connectivity index (χ2v) is 7.32. The van der Waals surface area contributed by atoms with Gasteiger partial charge in [0, 0.05) is 31.8 Å². The van der Waals surface area contributed by atoms with Crippen LogP contribution in [0.25, 0.3) is 5.69 Å². The van der Waals surface area contributed by atoms with E-state index in [0.29, 0.717) is 6.20 Å². The first-order valence-corrected chi connectivity index (χ1v) is 9.68. The molecule has 0 bridgehead atoms. The van der Waals surface area contributed by atoms with E-state index >= 15 is 0 Å². The number of rotatable bonds is 5. The van der Waals surface area contributed by atoms with Crippen LogP contribution in [0.1, 0.15) is 22.3 Å². The van der Waals surface area contributed by atoms with E-state index in [1.54, 1.807) is 0 Å². The highest BCUT2D eigenvalue weighted by Crippen LogP contribution is 2.36.